The van der Waals surface area contributed by atoms with Crippen LogP contribution in [0.25, 0.3) is 0 Å². The van der Waals surface area contributed by atoms with Crippen LogP contribution < -0.4 is 0 Å². The Morgan fingerprint density at radius 3 is 2.90 bits per heavy atom. The standard InChI is InChI=1S/C7H10BrNO/c1-5(8)3-7-4-6(2)9-10-7/h4-5H,3H2,1-2H3. The summed E-state index contributed by atoms with van der Waals surface area (Å²) in [6.07, 6.45) is 0.904. The second kappa shape index (κ2) is 3.19. The summed E-state index contributed by atoms with van der Waals surface area (Å²) in [5, 5.41) is 3.77. The highest BCUT2D eigenvalue weighted by Crippen LogP contribution is 2.09. The molecule has 1 aromatic rings. The minimum absolute atomic E-state index is 0.458. The van der Waals surface area contributed by atoms with Crippen LogP contribution in [0.2, 0.25) is 0 Å². The molecule has 1 rings (SSSR count). The highest BCUT2D eigenvalue weighted by molar-refractivity contribution is 9.09. The molecular formula is C7H10BrNO. The molecule has 0 N–H and O–H groups in total. The topological polar surface area (TPSA) is 26.0 Å². The predicted octanol–water partition coefficient (Wildman–Crippen LogP) is 2.31. The minimum Gasteiger partial charge on any atom is -0.361 e. The van der Waals surface area contributed by atoms with Gasteiger partial charge in [-0.2, -0.15) is 0 Å². The van der Waals surface area contributed by atoms with E-state index < -0.39 is 0 Å². The molecule has 0 aliphatic carbocycles. The molecular weight excluding hydrogens is 194 g/mol. The summed E-state index contributed by atoms with van der Waals surface area (Å²) in [6, 6.07) is 1.96. The van der Waals surface area contributed by atoms with Gasteiger partial charge in [-0.1, -0.05) is 28.0 Å². The zero-order valence-electron chi connectivity index (χ0n) is 6.10. The summed E-state index contributed by atoms with van der Waals surface area (Å²) >= 11 is 3.43. The van der Waals surface area contributed by atoms with Crippen LogP contribution in [0.3, 0.4) is 0 Å². The summed E-state index contributed by atoms with van der Waals surface area (Å²) in [5.41, 5.74) is 0.947. The van der Waals surface area contributed by atoms with Gasteiger partial charge in [-0.05, 0) is 6.92 Å². The molecule has 0 spiro atoms. The van der Waals surface area contributed by atoms with E-state index in [-0.39, 0.29) is 0 Å². The van der Waals surface area contributed by atoms with Crippen molar-refractivity contribution in [1.29, 1.82) is 0 Å². The summed E-state index contributed by atoms with van der Waals surface area (Å²) in [7, 11) is 0. The molecule has 1 aromatic heterocycles. The molecule has 2 nitrogen and oxygen atoms in total. The van der Waals surface area contributed by atoms with Gasteiger partial charge in [-0.3, -0.25) is 0 Å². The van der Waals surface area contributed by atoms with Crippen molar-refractivity contribution in [3.05, 3.63) is 17.5 Å². The van der Waals surface area contributed by atoms with Crippen LogP contribution in [0.5, 0.6) is 0 Å². The van der Waals surface area contributed by atoms with Crippen molar-refractivity contribution < 1.29 is 4.52 Å². The lowest BCUT2D eigenvalue weighted by atomic mass is 10.2. The summed E-state index contributed by atoms with van der Waals surface area (Å²) in [5.74, 6) is 0.946. The summed E-state index contributed by atoms with van der Waals surface area (Å²) in [6.45, 7) is 4.00. The molecule has 3 heteroatoms. The van der Waals surface area contributed by atoms with E-state index in [2.05, 4.69) is 28.0 Å². The van der Waals surface area contributed by atoms with Crippen LogP contribution in [0, 0.1) is 6.92 Å². The van der Waals surface area contributed by atoms with Crippen molar-refractivity contribution in [2.45, 2.75) is 25.1 Å². The van der Waals surface area contributed by atoms with Gasteiger partial charge in [0, 0.05) is 17.3 Å². The van der Waals surface area contributed by atoms with Crippen LogP contribution in [0.4, 0.5) is 0 Å². The molecule has 10 heavy (non-hydrogen) atoms. The van der Waals surface area contributed by atoms with Gasteiger partial charge in [0.25, 0.3) is 0 Å². The van der Waals surface area contributed by atoms with Crippen molar-refractivity contribution in [3.63, 3.8) is 0 Å². The molecule has 1 unspecified atom stereocenters. The van der Waals surface area contributed by atoms with E-state index >= 15 is 0 Å². The third-order valence-electron chi connectivity index (χ3n) is 1.16. The Balaban J connectivity index is 2.58. The van der Waals surface area contributed by atoms with E-state index in [0.29, 0.717) is 4.83 Å². The van der Waals surface area contributed by atoms with Gasteiger partial charge in [0.05, 0.1) is 5.69 Å². The lowest BCUT2D eigenvalue weighted by Gasteiger charge is -1.94. The zero-order chi connectivity index (χ0) is 7.56. The first-order valence-electron chi connectivity index (χ1n) is 3.25. The Labute approximate surface area is 68.7 Å². The van der Waals surface area contributed by atoms with Gasteiger partial charge >= 0.3 is 0 Å². The fraction of sp³-hybridized carbons (Fsp3) is 0.571. The summed E-state index contributed by atoms with van der Waals surface area (Å²) in [4.78, 5) is 0.458. The second-order valence-corrected chi connectivity index (χ2v) is 3.98. The molecule has 0 saturated carbocycles. The normalized spacial score (nSPS) is 13.5. The second-order valence-electron chi connectivity index (χ2n) is 2.42. The number of hydrogen-bond acceptors (Lipinski definition) is 2. The monoisotopic (exact) mass is 203 g/mol. The molecule has 56 valence electrons. The molecule has 0 aliphatic heterocycles. The van der Waals surface area contributed by atoms with Crippen LogP contribution in [0.15, 0.2) is 10.6 Å². The van der Waals surface area contributed by atoms with Gasteiger partial charge in [-0.15, -0.1) is 0 Å². The highest BCUT2D eigenvalue weighted by atomic mass is 79.9. The molecule has 1 heterocycles. The first kappa shape index (κ1) is 7.79. The fourth-order valence-electron chi connectivity index (χ4n) is 0.790. The van der Waals surface area contributed by atoms with E-state index in [4.69, 9.17) is 4.52 Å². The number of aromatic nitrogens is 1. The molecule has 0 bridgehead atoms. The van der Waals surface area contributed by atoms with Crippen molar-refractivity contribution >= 4 is 15.9 Å². The third-order valence-corrected chi connectivity index (χ3v) is 1.48. The number of aryl methyl sites for hydroxylation is 1. The lowest BCUT2D eigenvalue weighted by Crippen LogP contribution is -1.93. The van der Waals surface area contributed by atoms with E-state index in [9.17, 15) is 0 Å². The smallest absolute Gasteiger partial charge is 0.138 e. The molecule has 0 aromatic carbocycles. The van der Waals surface area contributed by atoms with Gasteiger partial charge < -0.3 is 4.52 Å². The first-order chi connectivity index (χ1) is 4.68. The number of rotatable bonds is 2. The average molecular weight is 204 g/mol. The predicted molar refractivity (Wildman–Crippen MR) is 43.3 cm³/mol. The SMILES string of the molecule is Cc1cc(CC(C)Br)on1. The Kier molecular flexibility index (Phi) is 2.49. The van der Waals surface area contributed by atoms with E-state index in [1.54, 1.807) is 0 Å². The van der Waals surface area contributed by atoms with Gasteiger partial charge in [-0.25, -0.2) is 0 Å². The minimum atomic E-state index is 0.458. The van der Waals surface area contributed by atoms with Crippen molar-refractivity contribution in [2.75, 3.05) is 0 Å². The molecule has 0 saturated heterocycles. The maximum atomic E-state index is 5.00. The van der Waals surface area contributed by atoms with Crippen LogP contribution in [-0.4, -0.2) is 9.98 Å². The Hall–Kier alpha value is -0.310. The molecule has 0 fully saturated rings. The lowest BCUT2D eigenvalue weighted by molar-refractivity contribution is 0.380. The average Bonchev–Trinajstić information content (AvgIpc) is 2.13. The Morgan fingerprint density at radius 2 is 2.50 bits per heavy atom. The highest BCUT2D eigenvalue weighted by Gasteiger charge is 2.03. The van der Waals surface area contributed by atoms with Crippen LogP contribution in [-0.2, 0) is 6.42 Å². The number of hydrogen-bond donors (Lipinski definition) is 0. The van der Waals surface area contributed by atoms with E-state index in [1.807, 2.05) is 13.0 Å². The van der Waals surface area contributed by atoms with Crippen molar-refractivity contribution in [1.82, 2.24) is 5.16 Å². The maximum absolute atomic E-state index is 5.00. The van der Waals surface area contributed by atoms with Crippen molar-refractivity contribution in [2.24, 2.45) is 0 Å². The molecule has 1 atom stereocenters. The third kappa shape index (κ3) is 2.14. The van der Waals surface area contributed by atoms with E-state index in [0.717, 1.165) is 17.9 Å². The van der Waals surface area contributed by atoms with Crippen LogP contribution in [0.1, 0.15) is 18.4 Å². The molecule has 0 aliphatic rings. The largest absolute Gasteiger partial charge is 0.361 e. The number of nitrogens with zero attached hydrogens (tertiary/aromatic N) is 1. The quantitative estimate of drug-likeness (QED) is 0.691. The Bertz CT molecular complexity index is 207. The maximum Gasteiger partial charge on any atom is 0.138 e. The molecule has 0 radical (unpaired) electrons. The summed E-state index contributed by atoms with van der Waals surface area (Å²) < 4.78 is 5.00. The zero-order valence-corrected chi connectivity index (χ0v) is 7.68. The Morgan fingerprint density at radius 1 is 1.80 bits per heavy atom. The number of alkyl halides is 1. The number of halogens is 1. The van der Waals surface area contributed by atoms with Gasteiger partial charge in [0.1, 0.15) is 5.76 Å². The molecule has 0 amide bonds. The van der Waals surface area contributed by atoms with Crippen LogP contribution >= 0.6 is 15.9 Å². The van der Waals surface area contributed by atoms with E-state index in [1.165, 1.54) is 0 Å². The van der Waals surface area contributed by atoms with Gasteiger partial charge in [0.15, 0.2) is 0 Å². The van der Waals surface area contributed by atoms with Crippen molar-refractivity contribution in [3.8, 4) is 0 Å². The van der Waals surface area contributed by atoms with Gasteiger partial charge in [0.2, 0.25) is 0 Å². The fourth-order valence-corrected chi connectivity index (χ4v) is 1.11. The first-order valence-corrected chi connectivity index (χ1v) is 4.16.